The van der Waals surface area contributed by atoms with Crippen LogP contribution in [-0.2, 0) is 6.54 Å². The zero-order valence-corrected chi connectivity index (χ0v) is 12.4. The van der Waals surface area contributed by atoms with Gasteiger partial charge in [-0.1, -0.05) is 18.2 Å². The maximum Gasteiger partial charge on any atom is 0.170 e. The third-order valence-electron chi connectivity index (χ3n) is 4.00. The molecule has 0 bridgehead atoms. The van der Waals surface area contributed by atoms with E-state index in [9.17, 15) is 0 Å². The molecule has 0 saturated carbocycles. The molecule has 1 aliphatic rings. The number of likely N-dealkylation sites (tertiary alicyclic amines) is 1. The minimum Gasteiger partial charge on any atom is -0.319 e. The highest BCUT2D eigenvalue weighted by Gasteiger charge is 2.21. The van der Waals surface area contributed by atoms with E-state index in [-0.39, 0.29) is 0 Å². The molecular formula is C15H22N6. The highest BCUT2D eigenvalue weighted by molar-refractivity contribution is 5.30. The summed E-state index contributed by atoms with van der Waals surface area (Å²) in [5.41, 5.74) is 1.02. The van der Waals surface area contributed by atoms with Crippen LogP contribution >= 0.6 is 0 Å². The number of nitrogens with zero attached hydrogens (tertiary/aromatic N) is 5. The Kier molecular flexibility index (Phi) is 4.57. The number of rotatable bonds is 5. The average Bonchev–Trinajstić information content (AvgIpc) is 2.97. The number of para-hydroxylation sites is 1. The van der Waals surface area contributed by atoms with Gasteiger partial charge in [0.25, 0.3) is 0 Å². The molecule has 1 aromatic heterocycles. The predicted molar refractivity (Wildman–Crippen MR) is 81.1 cm³/mol. The number of tetrazole rings is 1. The predicted octanol–water partition coefficient (Wildman–Crippen LogP) is 1.09. The Morgan fingerprint density at radius 2 is 2.14 bits per heavy atom. The molecule has 0 aliphatic carbocycles. The number of aromatic nitrogens is 4. The van der Waals surface area contributed by atoms with Crippen LogP contribution in [0.25, 0.3) is 5.69 Å². The molecular weight excluding hydrogens is 264 g/mol. The second kappa shape index (κ2) is 6.78. The van der Waals surface area contributed by atoms with E-state index in [0.29, 0.717) is 0 Å². The summed E-state index contributed by atoms with van der Waals surface area (Å²) in [7, 11) is 2.02. The fourth-order valence-corrected chi connectivity index (χ4v) is 3.02. The van der Waals surface area contributed by atoms with Gasteiger partial charge in [0, 0.05) is 6.54 Å². The van der Waals surface area contributed by atoms with Gasteiger partial charge in [0.1, 0.15) is 0 Å². The van der Waals surface area contributed by atoms with E-state index < -0.39 is 0 Å². The van der Waals surface area contributed by atoms with Crippen molar-refractivity contribution in [1.82, 2.24) is 30.4 Å². The van der Waals surface area contributed by atoms with Gasteiger partial charge in [-0.25, -0.2) is 0 Å². The Labute approximate surface area is 125 Å². The fraction of sp³-hybridized carbons (Fsp3) is 0.533. The Morgan fingerprint density at radius 3 is 2.95 bits per heavy atom. The summed E-state index contributed by atoms with van der Waals surface area (Å²) in [6, 6.07) is 10.1. The second-order valence-corrected chi connectivity index (χ2v) is 5.64. The molecule has 3 rings (SSSR count). The maximum absolute atomic E-state index is 4.20. The van der Waals surface area contributed by atoms with Gasteiger partial charge in [-0.05, 0) is 61.5 Å². The minimum absolute atomic E-state index is 0.727. The molecule has 0 spiro atoms. The van der Waals surface area contributed by atoms with Crippen molar-refractivity contribution in [2.24, 2.45) is 5.92 Å². The third kappa shape index (κ3) is 3.46. The van der Waals surface area contributed by atoms with Gasteiger partial charge in [-0.15, -0.1) is 5.10 Å². The topological polar surface area (TPSA) is 58.9 Å². The smallest absolute Gasteiger partial charge is 0.170 e. The average molecular weight is 286 g/mol. The van der Waals surface area contributed by atoms with Gasteiger partial charge in [0.15, 0.2) is 5.82 Å². The van der Waals surface area contributed by atoms with E-state index in [4.69, 9.17) is 0 Å². The fourth-order valence-electron chi connectivity index (χ4n) is 3.02. The second-order valence-electron chi connectivity index (χ2n) is 5.64. The largest absolute Gasteiger partial charge is 0.319 e. The van der Waals surface area contributed by atoms with Crippen LogP contribution in [-0.4, -0.2) is 51.8 Å². The zero-order valence-electron chi connectivity index (χ0n) is 12.4. The Balaban J connectivity index is 1.70. The van der Waals surface area contributed by atoms with Crippen molar-refractivity contribution < 1.29 is 0 Å². The summed E-state index contributed by atoms with van der Waals surface area (Å²) in [4.78, 5) is 2.46. The van der Waals surface area contributed by atoms with Gasteiger partial charge in [-0.3, -0.25) is 4.90 Å². The molecule has 6 heteroatoms. The summed E-state index contributed by atoms with van der Waals surface area (Å²) in [6.07, 6.45) is 2.56. The molecule has 2 aromatic rings. The molecule has 1 aromatic carbocycles. The molecule has 0 amide bonds. The first-order chi connectivity index (χ1) is 10.4. The Hall–Kier alpha value is -1.79. The van der Waals surface area contributed by atoms with E-state index in [1.165, 1.54) is 12.8 Å². The van der Waals surface area contributed by atoms with Crippen molar-refractivity contribution in [2.75, 3.05) is 26.7 Å². The van der Waals surface area contributed by atoms with E-state index in [0.717, 1.165) is 43.6 Å². The standard InChI is InChI=1S/C15H22N6/c1-16-10-13-6-5-9-20(11-13)12-15-17-18-19-21(15)14-7-3-2-4-8-14/h2-4,7-8,13,16H,5-6,9-12H2,1H3. The highest BCUT2D eigenvalue weighted by atomic mass is 15.5. The molecule has 112 valence electrons. The van der Waals surface area contributed by atoms with Gasteiger partial charge in [0.05, 0.1) is 12.2 Å². The van der Waals surface area contributed by atoms with Crippen LogP contribution in [0.15, 0.2) is 30.3 Å². The molecule has 1 saturated heterocycles. The Morgan fingerprint density at radius 1 is 1.29 bits per heavy atom. The monoisotopic (exact) mass is 286 g/mol. The van der Waals surface area contributed by atoms with Crippen LogP contribution in [0.5, 0.6) is 0 Å². The third-order valence-corrected chi connectivity index (χ3v) is 4.00. The summed E-state index contributed by atoms with van der Waals surface area (Å²) in [6.45, 7) is 4.13. The summed E-state index contributed by atoms with van der Waals surface area (Å²) < 4.78 is 1.84. The molecule has 1 fully saturated rings. The Bertz CT molecular complexity index is 550. The molecule has 6 nitrogen and oxygen atoms in total. The van der Waals surface area contributed by atoms with Crippen LogP contribution in [0.3, 0.4) is 0 Å². The van der Waals surface area contributed by atoms with Crippen molar-refractivity contribution in [3.8, 4) is 5.69 Å². The minimum atomic E-state index is 0.727. The van der Waals surface area contributed by atoms with Crippen LogP contribution in [0.2, 0.25) is 0 Å². The number of benzene rings is 1. The summed E-state index contributed by atoms with van der Waals surface area (Å²) >= 11 is 0. The number of hydrogen-bond donors (Lipinski definition) is 1. The van der Waals surface area contributed by atoms with E-state index in [1.54, 1.807) is 0 Å². The lowest BCUT2D eigenvalue weighted by Crippen LogP contribution is -2.39. The van der Waals surface area contributed by atoms with Crippen LogP contribution < -0.4 is 5.32 Å². The van der Waals surface area contributed by atoms with Crippen molar-refractivity contribution in [2.45, 2.75) is 19.4 Å². The maximum atomic E-state index is 4.20. The van der Waals surface area contributed by atoms with Crippen LogP contribution in [0.1, 0.15) is 18.7 Å². The van der Waals surface area contributed by atoms with Crippen molar-refractivity contribution >= 4 is 0 Å². The molecule has 21 heavy (non-hydrogen) atoms. The van der Waals surface area contributed by atoms with Gasteiger partial charge in [0.2, 0.25) is 0 Å². The van der Waals surface area contributed by atoms with Crippen molar-refractivity contribution in [3.63, 3.8) is 0 Å². The first-order valence-electron chi connectivity index (χ1n) is 7.56. The van der Waals surface area contributed by atoms with Crippen LogP contribution in [0, 0.1) is 5.92 Å². The lowest BCUT2D eigenvalue weighted by Gasteiger charge is -2.32. The van der Waals surface area contributed by atoms with E-state index in [1.807, 2.05) is 42.1 Å². The SMILES string of the molecule is CNCC1CCCN(Cc2nnnn2-c2ccccc2)C1. The lowest BCUT2D eigenvalue weighted by atomic mass is 9.98. The first-order valence-corrected chi connectivity index (χ1v) is 7.56. The van der Waals surface area contributed by atoms with E-state index in [2.05, 4.69) is 25.7 Å². The molecule has 1 aliphatic heterocycles. The van der Waals surface area contributed by atoms with Crippen molar-refractivity contribution in [1.29, 1.82) is 0 Å². The molecule has 1 unspecified atom stereocenters. The van der Waals surface area contributed by atoms with Gasteiger partial charge >= 0.3 is 0 Å². The quantitative estimate of drug-likeness (QED) is 0.892. The molecule has 0 radical (unpaired) electrons. The number of piperidine rings is 1. The number of hydrogen-bond acceptors (Lipinski definition) is 5. The zero-order chi connectivity index (χ0) is 14.5. The van der Waals surface area contributed by atoms with Crippen LogP contribution in [0.4, 0.5) is 0 Å². The highest BCUT2D eigenvalue weighted by Crippen LogP contribution is 2.18. The lowest BCUT2D eigenvalue weighted by molar-refractivity contribution is 0.162. The van der Waals surface area contributed by atoms with Gasteiger partial charge in [-0.2, -0.15) is 4.68 Å². The van der Waals surface area contributed by atoms with E-state index >= 15 is 0 Å². The summed E-state index contributed by atoms with van der Waals surface area (Å²) in [5, 5.41) is 15.5. The molecule has 1 N–H and O–H groups in total. The van der Waals surface area contributed by atoms with Gasteiger partial charge < -0.3 is 5.32 Å². The number of nitrogens with one attached hydrogen (secondary N) is 1. The normalized spacial score (nSPS) is 19.8. The summed E-state index contributed by atoms with van der Waals surface area (Å²) in [5.74, 6) is 1.64. The van der Waals surface area contributed by atoms with Crippen molar-refractivity contribution in [3.05, 3.63) is 36.2 Å². The first kappa shape index (κ1) is 14.2. The molecule has 2 heterocycles. The molecule has 1 atom stereocenters.